The van der Waals surface area contributed by atoms with Crippen LogP contribution < -0.4 is 10.4 Å². The Morgan fingerprint density at radius 3 is 2.61 bits per heavy atom. The van der Waals surface area contributed by atoms with Crippen LogP contribution in [0.1, 0.15) is 19.8 Å². The number of nitrogens with zero attached hydrogens (tertiary/aromatic N) is 1. The summed E-state index contributed by atoms with van der Waals surface area (Å²) < 4.78 is 11.2. The fourth-order valence-corrected chi connectivity index (χ4v) is 4.67. The summed E-state index contributed by atoms with van der Waals surface area (Å²) in [5.74, 6) is -1.43. The smallest absolute Gasteiger partial charge is 0.336 e. The van der Waals surface area contributed by atoms with Gasteiger partial charge in [0.2, 0.25) is 0 Å². The molecule has 0 radical (unpaired) electrons. The molecule has 1 N–H and O–H groups in total. The number of rotatable bonds is 5. The van der Waals surface area contributed by atoms with Crippen LogP contribution in [0.2, 0.25) is 10.0 Å². The topological polar surface area (TPSA) is 97.0 Å². The molecule has 0 spiro atoms. The van der Waals surface area contributed by atoms with Crippen molar-refractivity contribution in [3.63, 3.8) is 0 Å². The van der Waals surface area contributed by atoms with Crippen molar-refractivity contribution in [3.8, 4) is 16.9 Å². The van der Waals surface area contributed by atoms with E-state index in [1.165, 1.54) is 17.0 Å². The molecule has 33 heavy (non-hydrogen) atoms. The van der Waals surface area contributed by atoms with E-state index in [2.05, 4.69) is 0 Å². The first-order valence-corrected chi connectivity index (χ1v) is 11.2. The van der Waals surface area contributed by atoms with E-state index >= 15 is 0 Å². The fourth-order valence-electron chi connectivity index (χ4n) is 4.07. The molecule has 9 heteroatoms. The van der Waals surface area contributed by atoms with Crippen LogP contribution in [-0.2, 0) is 9.59 Å². The Hall–Kier alpha value is -3.03. The van der Waals surface area contributed by atoms with Crippen molar-refractivity contribution in [2.45, 2.75) is 25.9 Å². The predicted molar refractivity (Wildman–Crippen MR) is 125 cm³/mol. The predicted octanol–water partition coefficient (Wildman–Crippen LogP) is 4.86. The molecule has 172 valence electrons. The fraction of sp³-hybridized carbons (Fsp3) is 0.292. The highest BCUT2D eigenvalue weighted by atomic mass is 35.5. The van der Waals surface area contributed by atoms with Gasteiger partial charge in [-0.2, -0.15) is 0 Å². The van der Waals surface area contributed by atoms with E-state index in [1.54, 1.807) is 37.3 Å². The van der Waals surface area contributed by atoms with Crippen LogP contribution in [0.3, 0.4) is 0 Å². The van der Waals surface area contributed by atoms with E-state index in [4.69, 9.17) is 32.4 Å². The number of carboxylic acids is 1. The SMILES string of the molecule is CC(Oc1ccc2c(-c3c(Cl)cccc3Cl)cc(=O)oc2c1)C(=O)N1CCC[C@H](C(=O)O)C1. The van der Waals surface area contributed by atoms with Gasteiger partial charge in [0.25, 0.3) is 5.91 Å². The highest BCUT2D eigenvalue weighted by Crippen LogP contribution is 2.38. The van der Waals surface area contributed by atoms with Crippen LogP contribution >= 0.6 is 23.2 Å². The molecule has 1 aliphatic heterocycles. The zero-order chi connectivity index (χ0) is 23.7. The number of hydrogen-bond acceptors (Lipinski definition) is 5. The zero-order valence-electron chi connectivity index (χ0n) is 17.7. The van der Waals surface area contributed by atoms with Gasteiger partial charge in [0.15, 0.2) is 6.10 Å². The van der Waals surface area contributed by atoms with Crippen molar-refractivity contribution in [1.82, 2.24) is 4.90 Å². The number of ether oxygens (including phenoxy) is 1. The number of halogens is 2. The van der Waals surface area contributed by atoms with Crippen molar-refractivity contribution in [2.75, 3.05) is 13.1 Å². The van der Waals surface area contributed by atoms with Crippen LogP contribution in [-0.4, -0.2) is 41.1 Å². The summed E-state index contributed by atoms with van der Waals surface area (Å²) in [6, 6.07) is 11.3. The number of fused-ring (bicyclic) bond motifs is 1. The molecule has 2 aromatic carbocycles. The van der Waals surface area contributed by atoms with Gasteiger partial charge in [0, 0.05) is 51.8 Å². The Morgan fingerprint density at radius 1 is 1.18 bits per heavy atom. The summed E-state index contributed by atoms with van der Waals surface area (Å²) in [5, 5.41) is 10.7. The molecule has 2 atom stereocenters. The maximum atomic E-state index is 12.8. The molecule has 1 saturated heterocycles. The van der Waals surface area contributed by atoms with E-state index in [0.29, 0.717) is 51.7 Å². The third-order valence-corrected chi connectivity index (χ3v) is 6.32. The molecule has 1 unspecified atom stereocenters. The highest BCUT2D eigenvalue weighted by molar-refractivity contribution is 6.39. The summed E-state index contributed by atoms with van der Waals surface area (Å²) in [5.41, 5.74) is 0.729. The van der Waals surface area contributed by atoms with Crippen LogP contribution in [0, 0.1) is 5.92 Å². The number of hydrogen-bond donors (Lipinski definition) is 1. The van der Waals surface area contributed by atoms with Crippen molar-refractivity contribution in [3.05, 3.63) is 62.9 Å². The van der Waals surface area contributed by atoms with Gasteiger partial charge in [-0.05, 0) is 44.0 Å². The van der Waals surface area contributed by atoms with Crippen LogP contribution in [0.15, 0.2) is 51.7 Å². The average Bonchev–Trinajstić information content (AvgIpc) is 2.78. The molecule has 1 aromatic heterocycles. The second-order valence-corrected chi connectivity index (χ2v) is 8.77. The number of amides is 1. The Labute approximate surface area is 199 Å². The number of carbonyl (C=O) groups excluding carboxylic acids is 1. The largest absolute Gasteiger partial charge is 0.481 e. The number of aliphatic carboxylic acids is 1. The molecule has 2 heterocycles. The molecule has 1 fully saturated rings. The quantitative estimate of drug-likeness (QED) is 0.514. The second kappa shape index (κ2) is 9.45. The van der Waals surface area contributed by atoms with Gasteiger partial charge in [-0.25, -0.2) is 4.79 Å². The molecule has 0 bridgehead atoms. The normalized spacial score (nSPS) is 17.1. The van der Waals surface area contributed by atoms with Gasteiger partial charge in [0.1, 0.15) is 11.3 Å². The lowest BCUT2D eigenvalue weighted by Crippen LogP contribution is -2.47. The Bertz CT molecular complexity index is 1270. The van der Waals surface area contributed by atoms with E-state index in [1.807, 2.05) is 0 Å². The highest BCUT2D eigenvalue weighted by Gasteiger charge is 2.31. The number of benzene rings is 2. The van der Waals surface area contributed by atoms with Crippen LogP contribution in [0.5, 0.6) is 5.75 Å². The Balaban J connectivity index is 1.61. The summed E-state index contributed by atoms with van der Waals surface area (Å²) in [4.78, 5) is 37.8. The molecule has 0 aliphatic carbocycles. The molecule has 1 aliphatic rings. The van der Waals surface area contributed by atoms with Gasteiger partial charge in [-0.15, -0.1) is 0 Å². The maximum Gasteiger partial charge on any atom is 0.336 e. The lowest BCUT2D eigenvalue weighted by molar-refractivity contribution is -0.147. The minimum atomic E-state index is -0.903. The van der Waals surface area contributed by atoms with E-state index in [9.17, 15) is 19.5 Å². The maximum absolute atomic E-state index is 12.8. The molecule has 3 aromatic rings. The number of carboxylic acid groups (broad SMARTS) is 1. The van der Waals surface area contributed by atoms with E-state index < -0.39 is 23.6 Å². The van der Waals surface area contributed by atoms with E-state index in [0.717, 1.165) is 0 Å². The van der Waals surface area contributed by atoms with Gasteiger partial charge < -0.3 is 19.2 Å². The molecule has 7 nitrogen and oxygen atoms in total. The molecule has 1 amide bonds. The summed E-state index contributed by atoms with van der Waals surface area (Å²) in [6.45, 7) is 2.26. The van der Waals surface area contributed by atoms with Crippen molar-refractivity contribution < 1.29 is 23.8 Å². The minimum Gasteiger partial charge on any atom is -0.481 e. The van der Waals surface area contributed by atoms with Gasteiger partial charge >= 0.3 is 11.6 Å². The lowest BCUT2D eigenvalue weighted by Gasteiger charge is -2.32. The van der Waals surface area contributed by atoms with Crippen molar-refractivity contribution in [1.29, 1.82) is 0 Å². The number of likely N-dealkylation sites (tertiary alicyclic amines) is 1. The van der Waals surface area contributed by atoms with Gasteiger partial charge in [-0.1, -0.05) is 29.3 Å². The lowest BCUT2D eigenvalue weighted by atomic mass is 9.98. The Kier molecular flexibility index (Phi) is 6.63. The number of piperidine rings is 1. The summed E-state index contributed by atoms with van der Waals surface area (Å²) in [6.07, 6.45) is 0.336. The standard InChI is InChI=1S/C24H21Cl2NO6/c1-13(23(29)27-9-3-4-14(12-27)24(30)31)32-15-7-8-16-17(11-21(28)33-20(16)10-15)22-18(25)5-2-6-19(22)26/h2,5-8,10-11,13-14H,3-4,9,12H2,1H3,(H,30,31)/t13?,14-/m0/s1. The molecule has 0 saturated carbocycles. The van der Waals surface area contributed by atoms with Gasteiger partial charge in [0.05, 0.1) is 5.92 Å². The van der Waals surface area contributed by atoms with Crippen LogP contribution in [0.4, 0.5) is 0 Å². The number of carbonyl (C=O) groups is 2. The first-order valence-electron chi connectivity index (χ1n) is 10.4. The molecular weight excluding hydrogens is 469 g/mol. The van der Waals surface area contributed by atoms with Crippen molar-refractivity contribution >= 4 is 46.0 Å². The van der Waals surface area contributed by atoms with Gasteiger partial charge in [-0.3, -0.25) is 9.59 Å². The summed E-state index contributed by atoms with van der Waals surface area (Å²) >= 11 is 12.7. The van der Waals surface area contributed by atoms with E-state index in [-0.39, 0.29) is 18.0 Å². The monoisotopic (exact) mass is 489 g/mol. The molecule has 4 rings (SSSR count). The third kappa shape index (κ3) is 4.84. The van der Waals surface area contributed by atoms with Crippen molar-refractivity contribution in [2.24, 2.45) is 5.92 Å². The minimum absolute atomic E-state index is 0.163. The van der Waals surface area contributed by atoms with Crippen LogP contribution in [0.25, 0.3) is 22.1 Å². The molecular formula is C24H21Cl2NO6. The Morgan fingerprint density at radius 2 is 1.91 bits per heavy atom. The second-order valence-electron chi connectivity index (χ2n) is 7.96. The zero-order valence-corrected chi connectivity index (χ0v) is 19.2. The first kappa shape index (κ1) is 23.1. The third-order valence-electron chi connectivity index (χ3n) is 5.69. The first-order chi connectivity index (χ1) is 15.7. The average molecular weight is 490 g/mol. The summed E-state index contributed by atoms with van der Waals surface area (Å²) in [7, 11) is 0.